The second kappa shape index (κ2) is 4.02. The molecule has 0 bridgehead atoms. The average Bonchev–Trinajstić information content (AvgIpc) is 2.37. The molecule has 0 aliphatic heterocycles. The van der Waals surface area contributed by atoms with Gasteiger partial charge in [0.1, 0.15) is 7.05 Å². The lowest BCUT2D eigenvalue weighted by atomic mass is 9.87. The van der Waals surface area contributed by atoms with Crippen LogP contribution in [0.15, 0.2) is 42.7 Å². The smallest absolute Gasteiger partial charge is 0.214 e. The van der Waals surface area contributed by atoms with Crippen LogP contribution in [0.1, 0.15) is 26.3 Å². The van der Waals surface area contributed by atoms with Crippen LogP contribution in [-0.4, -0.2) is 4.98 Å². The molecule has 0 aliphatic rings. The van der Waals surface area contributed by atoms with E-state index in [2.05, 4.69) is 67.8 Å². The van der Waals surface area contributed by atoms with Crippen molar-refractivity contribution in [1.82, 2.24) is 4.98 Å². The molecule has 0 saturated heterocycles. The molecule has 0 fully saturated rings. The number of nitrogens with zero attached hydrogens (tertiary/aromatic N) is 2. The number of pyridine rings is 2. The minimum atomic E-state index is 0.142. The van der Waals surface area contributed by atoms with Gasteiger partial charge in [-0.15, -0.1) is 0 Å². The van der Waals surface area contributed by atoms with E-state index in [-0.39, 0.29) is 5.41 Å². The van der Waals surface area contributed by atoms with Gasteiger partial charge in [-0.2, -0.15) is 0 Å². The van der Waals surface area contributed by atoms with Gasteiger partial charge < -0.3 is 0 Å². The Labute approximate surface area is 113 Å². The molecule has 2 aromatic heterocycles. The van der Waals surface area contributed by atoms with Crippen LogP contribution in [0.3, 0.4) is 0 Å². The molecule has 1 aromatic carbocycles. The van der Waals surface area contributed by atoms with Gasteiger partial charge in [-0.3, -0.25) is 4.98 Å². The van der Waals surface area contributed by atoms with Gasteiger partial charge in [0.15, 0.2) is 6.20 Å². The van der Waals surface area contributed by atoms with Crippen LogP contribution in [0.4, 0.5) is 0 Å². The summed E-state index contributed by atoms with van der Waals surface area (Å²) in [5.41, 5.74) is 3.78. The first-order chi connectivity index (χ1) is 8.97. The summed E-state index contributed by atoms with van der Waals surface area (Å²) in [6.07, 6.45) is 4.09. The van der Waals surface area contributed by atoms with Gasteiger partial charge in [0.25, 0.3) is 0 Å². The van der Waals surface area contributed by atoms with E-state index in [1.165, 1.54) is 21.9 Å². The summed E-state index contributed by atoms with van der Waals surface area (Å²) in [5.74, 6) is 0. The third-order valence-electron chi connectivity index (χ3n) is 3.67. The van der Waals surface area contributed by atoms with Crippen molar-refractivity contribution >= 4 is 21.8 Å². The highest BCUT2D eigenvalue weighted by Gasteiger charge is 2.20. The number of fused-ring (bicyclic) bond motifs is 3. The molecule has 3 aromatic rings. The fourth-order valence-electron chi connectivity index (χ4n) is 2.49. The van der Waals surface area contributed by atoms with E-state index >= 15 is 0 Å². The molecule has 0 spiro atoms. The summed E-state index contributed by atoms with van der Waals surface area (Å²) >= 11 is 0. The molecule has 0 radical (unpaired) electrons. The van der Waals surface area contributed by atoms with Crippen LogP contribution in [-0.2, 0) is 12.5 Å². The first-order valence-electron chi connectivity index (χ1n) is 6.64. The van der Waals surface area contributed by atoms with Crippen LogP contribution in [0.25, 0.3) is 21.8 Å². The highest BCUT2D eigenvalue weighted by atomic mass is 14.9. The Balaban J connectivity index is 2.47. The van der Waals surface area contributed by atoms with Crippen molar-refractivity contribution in [3.63, 3.8) is 0 Å². The van der Waals surface area contributed by atoms with Crippen molar-refractivity contribution in [3.05, 3.63) is 48.3 Å². The predicted molar refractivity (Wildman–Crippen MR) is 79.1 cm³/mol. The Kier molecular flexibility index (Phi) is 2.56. The Morgan fingerprint density at radius 3 is 2.63 bits per heavy atom. The van der Waals surface area contributed by atoms with Crippen molar-refractivity contribution in [3.8, 4) is 0 Å². The van der Waals surface area contributed by atoms with E-state index in [0.717, 1.165) is 5.52 Å². The Morgan fingerprint density at radius 1 is 1.11 bits per heavy atom. The summed E-state index contributed by atoms with van der Waals surface area (Å²) in [6.45, 7) is 6.73. The zero-order chi connectivity index (χ0) is 13.6. The van der Waals surface area contributed by atoms with E-state index in [1.807, 2.05) is 12.3 Å². The molecular weight excluding hydrogens is 232 g/mol. The Hall–Kier alpha value is -1.96. The maximum atomic E-state index is 4.56. The zero-order valence-corrected chi connectivity index (χ0v) is 11.9. The molecule has 0 atom stereocenters. The minimum Gasteiger partial charge on any atom is -0.255 e. The summed E-state index contributed by atoms with van der Waals surface area (Å²) in [6, 6.07) is 10.7. The number of rotatable bonds is 0. The molecule has 0 unspecified atom stereocenters. The molecule has 2 heterocycles. The highest BCUT2D eigenvalue weighted by molar-refractivity contribution is 6.02. The molecule has 96 valence electrons. The molecule has 2 heteroatoms. The monoisotopic (exact) mass is 251 g/mol. The highest BCUT2D eigenvalue weighted by Crippen LogP contribution is 2.27. The van der Waals surface area contributed by atoms with Crippen molar-refractivity contribution < 1.29 is 4.57 Å². The van der Waals surface area contributed by atoms with Gasteiger partial charge in [0.05, 0.1) is 10.9 Å². The van der Waals surface area contributed by atoms with Gasteiger partial charge in [0, 0.05) is 23.2 Å². The lowest BCUT2D eigenvalue weighted by Gasteiger charge is -2.17. The number of aryl methyl sites for hydroxylation is 1. The van der Waals surface area contributed by atoms with Gasteiger partial charge in [0.2, 0.25) is 5.52 Å². The summed E-state index contributed by atoms with van der Waals surface area (Å²) in [4.78, 5) is 4.56. The Morgan fingerprint density at radius 2 is 1.89 bits per heavy atom. The van der Waals surface area contributed by atoms with E-state index < -0.39 is 0 Å². The van der Waals surface area contributed by atoms with Crippen LogP contribution in [0.2, 0.25) is 0 Å². The summed E-state index contributed by atoms with van der Waals surface area (Å²) < 4.78 is 2.20. The average molecular weight is 251 g/mol. The molecule has 0 saturated carbocycles. The number of hydrogen-bond donors (Lipinski definition) is 0. The number of benzene rings is 1. The molecule has 2 nitrogen and oxygen atoms in total. The minimum absolute atomic E-state index is 0.142. The second-order valence-corrected chi connectivity index (χ2v) is 6.16. The largest absolute Gasteiger partial charge is 0.255 e. The van der Waals surface area contributed by atoms with E-state index in [9.17, 15) is 0 Å². The van der Waals surface area contributed by atoms with E-state index in [4.69, 9.17) is 0 Å². The summed E-state index contributed by atoms with van der Waals surface area (Å²) in [5, 5.41) is 2.43. The standard InChI is InChI=1S/C17H19N2/c1-17(2,3)13-10-14-15(19(4)11-13)8-7-12-6-5-9-18-16(12)14/h5-11H,1-4H3/q+1. The van der Waals surface area contributed by atoms with Crippen LogP contribution in [0.5, 0.6) is 0 Å². The van der Waals surface area contributed by atoms with Gasteiger partial charge in [-0.25, -0.2) is 4.57 Å². The van der Waals surface area contributed by atoms with Crippen molar-refractivity contribution in [2.24, 2.45) is 7.05 Å². The number of hydrogen-bond acceptors (Lipinski definition) is 1. The quantitative estimate of drug-likeness (QED) is 0.441. The fourth-order valence-corrected chi connectivity index (χ4v) is 2.49. The lowest BCUT2D eigenvalue weighted by Crippen LogP contribution is -2.31. The molecule has 19 heavy (non-hydrogen) atoms. The van der Waals surface area contributed by atoms with Crippen molar-refractivity contribution in [2.45, 2.75) is 26.2 Å². The third-order valence-corrected chi connectivity index (χ3v) is 3.67. The second-order valence-electron chi connectivity index (χ2n) is 6.16. The number of aromatic nitrogens is 2. The van der Waals surface area contributed by atoms with E-state index in [0.29, 0.717) is 0 Å². The molecule has 0 amide bonds. The van der Waals surface area contributed by atoms with Gasteiger partial charge in [-0.05, 0) is 23.6 Å². The predicted octanol–water partition coefficient (Wildman–Crippen LogP) is 3.51. The van der Waals surface area contributed by atoms with Crippen molar-refractivity contribution in [1.29, 1.82) is 0 Å². The van der Waals surface area contributed by atoms with E-state index in [1.54, 1.807) is 0 Å². The molecular formula is C17H19N2+. The molecule has 3 rings (SSSR count). The zero-order valence-electron chi connectivity index (χ0n) is 11.9. The first kappa shape index (κ1) is 12.1. The molecule has 0 aliphatic carbocycles. The third kappa shape index (κ3) is 1.97. The van der Waals surface area contributed by atoms with Crippen LogP contribution >= 0.6 is 0 Å². The molecule has 0 N–H and O–H groups in total. The maximum Gasteiger partial charge on any atom is 0.214 e. The SMILES string of the molecule is C[n+]1cc(C(C)(C)C)cc2c3ncccc3ccc21. The topological polar surface area (TPSA) is 16.8 Å². The van der Waals surface area contributed by atoms with Crippen LogP contribution in [0, 0.1) is 0 Å². The van der Waals surface area contributed by atoms with Crippen molar-refractivity contribution in [2.75, 3.05) is 0 Å². The Bertz CT molecular complexity index is 767. The summed E-state index contributed by atoms with van der Waals surface area (Å²) in [7, 11) is 2.10. The first-order valence-corrected chi connectivity index (χ1v) is 6.64. The van der Waals surface area contributed by atoms with Crippen LogP contribution < -0.4 is 4.57 Å². The van der Waals surface area contributed by atoms with Gasteiger partial charge in [-0.1, -0.05) is 26.8 Å². The lowest BCUT2D eigenvalue weighted by molar-refractivity contribution is -0.645. The fraction of sp³-hybridized carbons (Fsp3) is 0.294. The normalized spacial score (nSPS) is 12.2. The maximum absolute atomic E-state index is 4.56. The van der Waals surface area contributed by atoms with Gasteiger partial charge >= 0.3 is 0 Å².